The lowest BCUT2D eigenvalue weighted by molar-refractivity contribution is -0.175. The summed E-state index contributed by atoms with van der Waals surface area (Å²) in [6, 6.07) is 22.8. The molecule has 4 aliphatic rings. The van der Waals surface area contributed by atoms with Gasteiger partial charge < -0.3 is 26.2 Å². The number of hydroxylamine groups is 2. The van der Waals surface area contributed by atoms with E-state index in [2.05, 4.69) is 31.4 Å². The van der Waals surface area contributed by atoms with E-state index in [-0.39, 0.29) is 30.9 Å². The van der Waals surface area contributed by atoms with Crippen molar-refractivity contribution in [3.05, 3.63) is 89.5 Å². The average molecular weight is 669 g/mol. The lowest BCUT2D eigenvalue weighted by atomic mass is 9.45. The van der Waals surface area contributed by atoms with Crippen LogP contribution in [-0.2, 0) is 22.6 Å². The summed E-state index contributed by atoms with van der Waals surface area (Å²) in [4.78, 5) is 33.6. The van der Waals surface area contributed by atoms with Crippen LogP contribution in [0.3, 0.4) is 0 Å². The van der Waals surface area contributed by atoms with Gasteiger partial charge in [-0.2, -0.15) is 5.06 Å². The molecule has 9 heteroatoms. The maximum atomic E-state index is 14.2. The van der Waals surface area contributed by atoms with Crippen molar-refractivity contribution in [1.82, 2.24) is 15.7 Å². The van der Waals surface area contributed by atoms with Gasteiger partial charge in [-0.05, 0) is 72.6 Å². The first-order chi connectivity index (χ1) is 23.5. The highest BCUT2D eigenvalue weighted by Gasteiger charge is 2.57. The zero-order valence-corrected chi connectivity index (χ0v) is 29.4. The number of para-hydroxylation sites is 1. The molecule has 8 atom stereocenters. The largest absolute Gasteiger partial charge is 0.496 e. The van der Waals surface area contributed by atoms with Crippen LogP contribution in [0.5, 0.6) is 5.75 Å². The van der Waals surface area contributed by atoms with Gasteiger partial charge in [-0.25, -0.2) is 0 Å². The first kappa shape index (κ1) is 35.1. The van der Waals surface area contributed by atoms with Gasteiger partial charge in [0.25, 0.3) is 5.91 Å². The molecule has 7 rings (SSSR count). The number of nitrogens with two attached hydrogens (primary N) is 1. The van der Waals surface area contributed by atoms with Gasteiger partial charge in [-0.3, -0.25) is 14.4 Å². The van der Waals surface area contributed by atoms with E-state index in [0.29, 0.717) is 41.0 Å². The lowest BCUT2D eigenvalue weighted by Gasteiger charge is -2.62. The van der Waals surface area contributed by atoms with E-state index in [1.54, 1.807) is 25.2 Å². The van der Waals surface area contributed by atoms with Gasteiger partial charge >= 0.3 is 0 Å². The summed E-state index contributed by atoms with van der Waals surface area (Å²) in [6.07, 6.45) is 1.62. The molecule has 1 aliphatic heterocycles. The van der Waals surface area contributed by atoms with Crippen LogP contribution in [0.4, 0.5) is 0 Å². The van der Waals surface area contributed by atoms with E-state index in [0.717, 1.165) is 29.5 Å². The Morgan fingerprint density at radius 1 is 1.08 bits per heavy atom. The minimum Gasteiger partial charge on any atom is -0.496 e. The van der Waals surface area contributed by atoms with Gasteiger partial charge in [-0.1, -0.05) is 81.4 Å². The Morgan fingerprint density at radius 2 is 1.84 bits per heavy atom. The Labute approximate surface area is 290 Å². The monoisotopic (exact) mass is 668 g/mol. The molecule has 3 aliphatic carbocycles. The molecule has 2 bridgehead atoms. The third kappa shape index (κ3) is 6.99. The number of methoxy groups -OCH3 is 1. The van der Waals surface area contributed by atoms with Crippen molar-refractivity contribution in [3.63, 3.8) is 0 Å². The molecule has 4 fully saturated rings. The number of benzene rings is 3. The summed E-state index contributed by atoms with van der Waals surface area (Å²) < 4.78 is 5.99. The van der Waals surface area contributed by atoms with Crippen LogP contribution >= 0.6 is 0 Å². The molecule has 49 heavy (non-hydrogen) atoms. The molecular weight excluding hydrogens is 616 g/mol. The molecule has 9 nitrogen and oxygen atoms in total. The number of aliphatic hydroxyl groups excluding tert-OH is 1. The first-order valence-electron chi connectivity index (χ1n) is 17.7. The Balaban J connectivity index is 1.21. The third-order valence-corrected chi connectivity index (χ3v) is 11.7. The molecule has 5 N–H and O–H groups in total. The standard InChI is InChI=1S/C40H52N4O5/c1-24-32-20-30(40(32,3)4)21-33(24)43-39(47)36-35(25(2)45)34(22-41)49-44(36)23-29-15-10-16-31(37(29)48-5)27-13-9-14-28(19-27)38(46)42-18-17-26-11-7-6-8-12-26/h6-16,19,24-25,30,32-36,45H,17-18,20-23,41H2,1-5H3,(H,42,46)(H,43,47)/t24-,25-,30+,32-,33-,34-,35-,36-/m0/s1. The molecule has 2 amide bonds. The van der Waals surface area contributed by atoms with E-state index < -0.39 is 24.2 Å². The maximum absolute atomic E-state index is 14.2. The molecular formula is C40H52N4O5. The Kier molecular flexibility index (Phi) is 10.5. The highest BCUT2D eigenvalue weighted by molar-refractivity contribution is 5.95. The minimum absolute atomic E-state index is 0.0818. The van der Waals surface area contributed by atoms with Crippen molar-refractivity contribution >= 4 is 11.8 Å². The Bertz CT molecular complexity index is 1630. The molecule has 3 aromatic rings. The van der Waals surface area contributed by atoms with Crippen molar-refractivity contribution in [2.24, 2.45) is 34.8 Å². The summed E-state index contributed by atoms with van der Waals surface area (Å²) in [5.74, 6) is 1.40. The maximum Gasteiger partial charge on any atom is 0.251 e. The van der Waals surface area contributed by atoms with Crippen LogP contribution in [0, 0.1) is 29.1 Å². The Hall–Kier alpha value is -3.76. The van der Waals surface area contributed by atoms with Crippen LogP contribution in [0.25, 0.3) is 11.1 Å². The van der Waals surface area contributed by atoms with E-state index in [1.807, 2.05) is 66.7 Å². The number of nitrogens with one attached hydrogen (secondary N) is 2. The van der Waals surface area contributed by atoms with Crippen molar-refractivity contribution in [1.29, 1.82) is 0 Å². The zero-order chi connectivity index (χ0) is 34.9. The van der Waals surface area contributed by atoms with Gasteiger partial charge in [0, 0.05) is 41.7 Å². The Morgan fingerprint density at radius 3 is 2.51 bits per heavy atom. The van der Waals surface area contributed by atoms with Crippen LogP contribution in [0.2, 0.25) is 0 Å². The second-order valence-electron chi connectivity index (χ2n) is 14.9. The third-order valence-electron chi connectivity index (χ3n) is 11.7. The summed E-state index contributed by atoms with van der Waals surface area (Å²) in [6.45, 7) is 9.60. The fourth-order valence-corrected chi connectivity index (χ4v) is 8.77. The van der Waals surface area contributed by atoms with Crippen LogP contribution < -0.4 is 21.1 Å². The van der Waals surface area contributed by atoms with Crippen LogP contribution in [-0.4, -0.2) is 66.5 Å². The predicted octanol–water partition coefficient (Wildman–Crippen LogP) is 4.96. The van der Waals surface area contributed by atoms with Gasteiger partial charge in [0.2, 0.25) is 5.91 Å². The van der Waals surface area contributed by atoms with E-state index in [4.69, 9.17) is 15.3 Å². The van der Waals surface area contributed by atoms with Crippen LogP contribution in [0.15, 0.2) is 72.8 Å². The number of hydrogen-bond acceptors (Lipinski definition) is 7. The molecule has 3 saturated carbocycles. The number of rotatable bonds is 12. The number of hydrogen-bond donors (Lipinski definition) is 4. The lowest BCUT2D eigenvalue weighted by Crippen LogP contribution is -2.62. The highest BCUT2D eigenvalue weighted by atomic mass is 16.7. The van der Waals surface area contributed by atoms with Crippen molar-refractivity contribution < 1.29 is 24.3 Å². The van der Waals surface area contributed by atoms with E-state index in [9.17, 15) is 14.7 Å². The molecule has 0 spiro atoms. The highest BCUT2D eigenvalue weighted by Crippen LogP contribution is 2.61. The zero-order valence-electron chi connectivity index (χ0n) is 29.4. The number of carbonyl (C=O) groups is 2. The molecule has 0 unspecified atom stereocenters. The van der Waals surface area contributed by atoms with Crippen molar-refractivity contribution in [2.75, 3.05) is 20.2 Å². The van der Waals surface area contributed by atoms with E-state index in [1.165, 1.54) is 12.0 Å². The second-order valence-corrected chi connectivity index (χ2v) is 14.9. The predicted molar refractivity (Wildman–Crippen MR) is 190 cm³/mol. The number of carbonyl (C=O) groups excluding carboxylic acids is 2. The summed E-state index contributed by atoms with van der Waals surface area (Å²) in [5, 5.41) is 19.0. The van der Waals surface area contributed by atoms with E-state index >= 15 is 0 Å². The van der Waals surface area contributed by atoms with Crippen molar-refractivity contribution in [3.8, 4) is 16.9 Å². The number of nitrogens with zero attached hydrogens (tertiary/aromatic N) is 1. The van der Waals surface area contributed by atoms with Crippen LogP contribution in [0.1, 0.15) is 62.0 Å². The molecule has 0 aromatic heterocycles. The number of fused-ring (bicyclic) bond motifs is 2. The normalized spacial score (nSPS) is 27.9. The number of aliphatic hydroxyl groups is 1. The number of ether oxygens (including phenoxy) is 1. The molecule has 3 aromatic carbocycles. The topological polar surface area (TPSA) is 126 Å². The summed E-state index contributed by atoms with van der Waals surface area (Å²) >= 11 is 0. The molecule has 0 radical (unpaired) electrons. The van der Waals surface area contributed by atoms with Gasteiger partial charge in [0.05, 0.1) is 25.9 Å². The van der Waals surface area contributed by atoms with Gasteiger partial charge in [0.1, 0.15) is 11.8 Å². The van der Waals surface area contributed by atoms with Gasteiger partial charge in [-0.15, -0.1) is 0 Å². The smallest absolute Gasteiger partial charge is 0.251 e. The minimum atomic E-state index is -0.805. The fourth-order valence-electron chi connectivity index (χ4n) is 8.77. The summed E-state index contributed by atoms with van der Waals surface area (Å²) in [7, 11) is 1.62. The molecule has 1 saturated heterocycles. The average Bonchev–Trinajstić information content (AvgIpc) is 3.48. The molecule has 262 valence electrons. The SMILES string of the molecule is COc1c(CN2O[C@@H](CN)[C@H]([C@H](C)O)[C@H]2C(=O)N[C@H]2C[C@H]3C[C@@H]([C@@H]2C)C3(C)C)cccc1-c1cccc(C(=O)NCCc2ccccc2)c1. The fraction of sp³-hybridized carbons (Fsp3) is 0.500. The van der Waals surface area contributed by atoms with Crippen molar-refractivity contribution in [2.45, 2.75) is 77.8 Å². The quantitative estimate of drug-likeness (QED) is 0.215. The molecule has 1 heterocycles. The second kappa shape index (κ2) is 14.6. The number of amides is 2. The first-order valence-corrected chi connectivity index (χ1v) is 17.7. The summed E-state index contributed by atoms with van der Waals surface area (Å²) in [5.41, 5.74) is 10.6. The van der Waals surface area contributed by atoms with Gasteiger partial charge in [0.15, 0.2) is 0 Å².